The number of aromatic amines is 1. The summed E-state index contributed by atoms with van der Waals surface area (Å²) in [6, 6.07) is 15.5. The molecular formula is C26H21BrN2O5. The Morgan fingerprint density at radius 2 is 2.00 bits per heavy atom. The highest BCUT2D eigenvalue weighted by Crippen LogP contribution is 2.39. The largest absolute Gasteiger partial charge is 0.503 e. The number of amides is 1. The maximum absolute atomic E-state index is 13.2. The summed E-state index contributed by atoms with van der Waals surface area (Å²) in [5.74, 6) is -0.829. The molecule has 0 saturated carbocycles. The summed E-state index contributed by atoms with van der Waals surface area (Å²) in [6.07, 6.45) is 3.81. The molecule has 34 heavy (non-hydrogen) atoms. The topological polar surface area (TPSA) is 95.8 Å². The number of ketones is 1. The van der Waals surface area contributed by atoms with Gasteiger partial charge in [0.1, 0.15) is 5.75 Å². The standard InChI is InChI=1S/C26H21BrN2O5/c1-33-18-8-9-20-19(13-18)16(14-28-20)10-11-29-23(15-4-6-17(27)7-5-15)22(25(31)26(29)32)24(30)21-3-2-12-34-21/h2-9,12-14,23,28,31H,10-11H2,1H3/t23-/m1/s1. The number of carbonyl (C=O) groups excluding carboxylic acids is 2. The molecule has 0 bridgehead atoms. The second-order valence-electron chi connectivity index (χ2n) is 8.00. The number of carbonyl (C=O) groups is 2. The molecule has 1 amide bonds. The molecule has 0 fully saturated rings. The van der Waals surface area contributed by atoms with Gasteiger partial charge >= 0.3 is 0 Å². The molecule has 2 N–H and O–H groups in total. The number of aromatic nitrogens is 1. The fourth-order valence-corrected chi connectivity index (χ4v) is 4.64. The van der Waals surface area contributed by atoms with Crippen LogP contribution in [-0.4, -0.2) is 40.3 Å². The lowest BCUT2D eigenvalue weighted by molar-refractivity contribution is -0.129. The van der Waals surface area contributed by atoms with E-state index in [-0.39, 0.29) is 11.3 Å². The lowest BCUT2D eigenvalue weighted by atomic mass is 9.95. The first-order valence-electron chi connectivity index (χ1n) is 10.7. The van der Waals surface area contributed by atoms with Crippen molar-refractivity contribution < 1.29 is 23.8 Å². The van der Waals surface area contributed by atoms with E-state index in [1.54, 1.807) is 13.2 Å². The molecule has 3 heterocycles. The van der Waals surface area contributed by atoms with Crippen molar-refractivity contribution in [1.29, 1.82) is 0 Å². The molecule has 7 nitrogen and oxygen atoms in total. The molecule has 1 atom stereocenters. The molecule has 172 valence electrons. The maximum atomic E-state index is 13.2. The monoisotopic (exact) mass is 520 g/mol. The zero-order valence-corrected chi connectivity index (χ0v) is 19.8. The second kappa shape index (κ2) is 8.87. The Bertz CT molecular complexity index is 1400. The van der Waals surface area contributed by atoms with Gasteiger partial charge in [0, 0.05) is 28.1 Å². The number of H-pyrrole nitrogens is 1. The molecule has 0 spiro atoms. The van der Waals surface area contributed by atoms with E-state index < -0.39 is 23.5 Å². The smallest absolute Gasteiger partial charge is 0.290 e. The van der Waals surface area contributed by atoms with Crippen LogP contribution in [0.25, 0.3) is 10.9 Å². The van der Waals surface area contributed by atoms with E-state index in [1.807, 2.05) is 48.7 Å². The van der Waals surface area contributed by atoms with Crippen LogP contribution >= 0.6 is 15.9 Å². The van der Waals surface area contributed by atoms with Crippen LogP contribution in [0.5, 0.6) is 5.75 Å². The van der Waals surface area contributed by atoms with Crippen molar-refractivity contribution in [2.75, 3.05) is 13.7 Å². The summed E-state index contributed by atoms with van der Waals surface area (Å²) in [4.78, 5) is 31.2. The third-order valence-corrected chi connectivity index (χ3v) is 6.60. The number of ether oxygens (including phenoxy) is 1. The first kappa shape index (κ1) is 22.0. The van der Waals surface area contributed by atoms with Gasteiger partial charge in [-0.25, -0.2) is 0 Å². The molecule has 4 aromatic rings. The molecule has 0 aliphatic carbocycles. The number of halogens is 1. The zero-order valence-electron chi connectivity index (χ0n) is 18.2. The van der Waals surface area contributed by atoms with Gasteiger partial charge < -0.3 is 24.1 Å². The van der Waals surface area contributed by atoms with E-state index in [9.17, 15) is 14.7 Å². The van der Waals surface area contributed by atoms with Gasteiger partial charge in [0.05, 0.1) is 25.0 Å². The lowest BCUT2D eigenvalue weighted by Gasteiger charge is -2.26. The van der Waals surface area contributed by atoms with Crippen molar-refractivity contribution in [3.63, 3.8) is 0 Å². The number of hydrogen-bond donors (Lipinski definition) is 2. The minimum Gasteiger partial charge on any atom is -0.503 e. The average Bonchev–Trinajstić information content (AvgIpc) is 3.58. The number of fused-ring (bicyclic) bond motifs is 1. The van der Waals surface area contributed by atoms with Gasteiger partial charge in [-0.2, -0.15) is 0 Å². The normalized spacial score (nSPS) is 16.0. The van der Waals surface area contributed by atoms with E-state index in [1.165, 1.54) is 17.2 Å². The SMILES string of the molecule is COc1ccc2[nH]cc(CCN3C(=O)C(O)=C(C(=O)c4ccco4)[C@H]3c3ccc(Br)cc3)c2c1. The van der Waals surface area contributed by atoms with Crippen molar-refractivity contribution in [2.24, 2.45) is 0 Å². The third kappa shape index (κ3) is 3.80. The quantitative estimate of drug-likeness (QED) is 0.320. The highest BCUT2D eigenvalue weighted by atomic mass is 79.9. The Kier molecular flexibility index (Phi) is 5.75. The fourth-order valence-electron chi connectivity index (χ4n) is 4.38. The second-order valence-corrected chi connectivity index (χ2v) is 8.91. The predicted molar refractivity (Wildman–Crippen MR) is 130 cm³/mol. The molecule has 0 radical (unpaired) electrons. The molecule has 0 saturated heterocycles. The third-order valence-electron chi connectivity index (χ3n) is 6.08. The zero-order chi connectivity index (χ0) is 23.8. The van der Waals surface area contributed by atoms with Gasteiger partial charge in [0.25, 0.3) is 5.91 Å². The summed E-state index contributed by atoms with van der Waals surface area (Å²) >= 11 is 3.42. The highest BCUT2D eigenvalue weighted by Gasteiger charge is 2.44. The van der Waals surface area contributed by atoms with E-state index >= 15 is 0 Å². The van der Waals surface area contributed by atoms with E-state index in [0.717, 1.165) is 32.3 Å². The van der Waals surface area contributed by atoms with Crippen LogP contribution in [0.4, 0.5) is 0 Å². The molecule has 1 aliphatic rings. The van der Waals surface area contributed by atoms with Crippen LogP contribution < -0.4 is 4.74 Å². The predicted octanol–water partition coefficient (Wildman–Crippen LogP) is 5.35. The first-order valence-corrected chi connectivity index (χ1v) is 11.5. The summed E-state index contributed by atoms with van der Waals surface area (Å²) in [7, 11) is 1.62. The number of aliphatic hydroxyl groups excluding tert-OH is 1. The number of rotatable bonds is 7. The minimum atomic E-state index is -0.738. The molecule has 5 rings (SSSR count). The van der Waals surface area contributed by atoms with Gasteiger partial charge in [0.15, 0.2) is 11.5 Å². The van der Waals surface area contributed by atoms with Crippen molar-refractivity contribution >= 4 is 38.5 Å². The van der Waals surface area contributed by atoms with Crippen LogP contribution in [0.2, 0.25) is 0 Å². The summed E-state index contributed by atoms with van der Waals surface area (Å²) in [6.45, 7) is 0.294. The number of furan rings is 1. The minimum absolute atomic E-state index is 0.0165. The van der Waals surface area contributed by atoms with Crippen molar-refractivity contribution in [3.8, 4) is 5.75 Å². The Morgan fingerprint density at radius 3 is 2.71 bits per heavy atom. The summed E-state index contributed by atoms with van der Waals surface area (Å²) in [5, 5.41) is 11.8. The number of nitrogens with one attached hydrogen (secondary N) is 1. The molecular weight excluding hydrogens is 500 g/mol. The lowest BCUT2D eigenvalue weighted by Crippen LogP contribution is -2.33. The van der Waals surface area contributed by atoms with Gasteiger partial charge in [-0.3, -0.25) is 9.59 Å². The van der Waals surface area contributed by atoms with Crippen LogP contribution in [0.1, 0.15) is 27.7 Å². The Balaban J connectivity index is 1.50. The molecule has 0 unspecified atom stereocenters. The molecule has 8 heteroatoms. The Hall–Kier alpha value is -3.78. The Labute approximate surface area is 203 Å². The van der Waals surface area contributed by atoms with Crippen molar-refractivity contribution in [1.82, 2.24) is 9.88 Å². The molecule has 2 aromatic carbocycles. The van der Waals surface area contributed by atoms with Crippen LogP contribution in [-0.2, 0) is 11.2 Å². The number of methoxy groups -OCH3 is 1. The fraction of sp³-hybridized carbons (Fsp3) is 0.154. The number of benzene rings is 2. The number of hydrogen-bond acceptors (Lipinski definition) is 5. The van der Waals surface area contributed by atoms with Gasteiger partial charge in [-0.05, 0) is 60.0 Å². The molecule has 1 aliphatic heterocycles. The number of Topliss-reactive ketones (excluding diaryl/α,β-unsaturated/α-hetero) is 1. The Morgan fingerprint density at radius 1 is 1.21 bits per heavy atom. The highest BCUT2D eigenvalue weighted by molar-refractivity contribution is 9.10. The summed E-state index contributed by atoms with van der Waals surface area (Å²) in [5.41, 5.74) is 2.70. The summed E-state index contributed by atoms with van der Waals surface area (Å²) < 4.78 is 11.5. The van der Waals surface area contributed by atoms with Gasteiger partial charge in [-0.15, -0.1) is 0 Å². The maximum Gasteiger partial charge on any atom is 0.290 e. The average molecular weight is 521 g/mol. The molecule has 2 aromatic heterocycles. The van der Waals surface area contributed by atoms with Gasteiger partial charge in [-0.1, -0.05) is 28.1 Å². The van der Waals surface area contributed by atoms with Crippen LogP contribution in [0.15, 0.2) is 87.3 Å². The van der Waals surface area contributed by atoms with Crippen LogP contribution in [0.3, 0.4) is 0 Å². The number of nitrogens with zero attached hydrogens (tertiary/aromatic N) is 1. The van der Waals surface area contributed by atoms with E-state index in [0.29, 0.717) is 13.0 Å². The van der Waals surface area contributed by atoms with Crippen molar-refractivity contribution in [2.45, 2.75) is 12.5 Å². The van der Waals surface area contributed by atoms with Gasteiger partial charge in [0.2, 0.25) is 5.78 Å². The van der Waals surface area contributed by atoms with Crippen molar-refractivity contribution in [3.05, 3.63) is 99.7 Å². The van der Waals surface area contributed by atoms with E-state index in [2.05, 4.69) is 20.9 Å². The van der Waals surface area contributed by atoms with E-state index in [4.69, 9.17) is 9.15 Å². The first-order chi connectivity index (χ1) is 16.5. The van der Waals surface area contributed by atoms with Crippen LogP contribution in [0, 0.1) is 0 Å². The number of aliphatic hydroxyl groups is 1.